The van der Waals surface area contributed by atoms with E-state index in [2.05, 4.69) is 0 Å². The van der Waals surface area contributed by atoms with Crippen LogP contribution in [0.3, 0.4) is 0 Å². The molecule has 4 nitrogen and oxygen atoms in total. The minimum Gasteiger partial charge on any atom is -0.481 e. The van der Waals surface area contributed by atoms with Crippen LogP contribution in [0.15, 0.2) is 0 Å². The second-order valence-corrected chi connectivity index (χ2v) is 4.63. The molecule has 18 heavy (non-hydrogen) atoms. The molecule has 0 aromatic carbocycles. The number of carboxylic acids is 1. The SMILES string of the molecule is O=C(O)CCCC1CCC(NC(=O)C(F)(F)F)C1. The molecule has 1 saturated carbocycles. The molecular formula is C11H16F3NO3. The fourth-order valence-electron chi connectivity index (χ4n) is 2.28. The highest BCUT2D eigenvalue weighted by atomic mass is 19.4. The first-order chi connectivity index (χ1) is 8.29. The number of hydrogen-bond acceptors (Lipinski definition) is 2. The third-order valence-electron chi connectivity index (χ3n) is 3.14. The van der Waals surface area contributed by atoms with E-state index in [0.29, 0.717) is 25.7 Å². The highest BCUT2D eigenvalue weighted by Crippen LogP contribution is 2.30. The molecule has 7 heteroatoms. The second-order valence-electron chi connectivity index (χ2n) is 4.63. The molecule has 0 aromatic heterocycles. The Morgan fingerprint density at radius 3 is 2.50 bits per heavy atom. The van der Waals surface area contributed by atoms with Gasteiger partial charge in [0.1, 0.15) is 0 Å². The minimum atomic E-state index is -4.83. The minimum absolute atomic E-state index is 0.0794. The Balaban J connectivity index is 2.25. The number of rotatable bonds is 5. The lowest BCUT2D eigenvalue weighted by atomic mass is 10.0. The van der Waals surface area contributed by atoms with E-state index in [9.17, 15) is 22.8 Å². The fourth-order valence-corrected chi connectivity index (χ4v) is 2.28. The molecule has 0 aromatic rings. The summed E-state index contributed by atoms with van der Waals surface area (Å²) in [6.07, 6.45) is -1.77. The molecule has 1 rings (SSSR count). The van der Waals surface area contributed by atoms with E-state index < -0.39 is 24.1 Å². The summed E-state index contributed by atoms with van der Waals surface area (Å²) in [5.41, 5.74) is 0. The third kappa shape index (κ3) is 4.93. The molecule has 0 radical (unpaired) electrons. The van der Waals surface area contributed by atoms with E-state index in [1.807, 2.05) is 5.32 Å². The van der Waals surface area contributed by atoms with Gasteiger partial charge >= 0.3 is 18.1 Å². The van der Waals surface area contributed by atoms with E-state index in [4.69, 9.17) is 5.11 Å². The molecule has 2 unspecified atom stereocenters. The van der Waals surface area contributed by atoms with Crippen LogP contribution in [0.2, 0.25) is 0 Å². The van der Waals surface area contributed by atoms with Crippen molar-refractivity contribution >= 4 is 11.9 Å². The second kappa shape index (κ2) is 6.06. The number of alkyl halides is 3. The van der Waals surface area contributed by atoms with Crippen molar-refractivity contribution in [2.24, 2.45) is 5.92 Å². The molecule has 0 heterocycles. The average molecular weight is 267 g/mol. The van der Waals surface area contributed by atoms with E-state index in [0.717, 1.165) is 6.42 Å². The fraction of sp³-hybridized carbons (Fsp3) is 0.818. The smallest absolute Gasteiger partial charge is 0.471 e. The molecule has 1 aliphatic carbocycles. The Kier molecular flexibility index (Phi) is 4.98. The van der Waals surface area contributed by atoms with Crippen molar-refractivity contribution in [3.63, 3.8) is 0 Å². The molecule has 1 fully saturated rings. The Morgan fingerprint density at radius 2 is 1.94 bits per heavy atom. The lowest BCUT2D eigenvalue weighted by Crippen LogP contribution is -2.42. The van der Waals surface area contributed by atoms with E-state index in [1.54, 1.807) is 0 Å². The Labute approximate surface area is 103 Å². The number of hydrogen-bond donors (Lipinski definition) is 2. The number of amides is 1. The van der Waals surface area contributed by atoms with Crippen molar-refractivity contribution in [1.29, 1.82) is 0 Å². The van der Waals surface area contributed by atoms with E-state index in [1.165, 1.54) is 0 Å². The van der Waals surface area contributed by atoms with Crippen LogP contribution >= 0.6 is 0 Å². The zero-order valence-corrected chi connectivity index (χ0v) is 9.79. The molecule has 1 amide bonds. The molecule has 2 atom stereocenters. The van der Waals surface area contributed by atoms with Crippen LogP contribution in [0.1, 0.15) is 38.5 Å². The van der Waals surface area contributed by atoms with Crippen LogP contribution in [0.4, 0.5) is 13.2 Å². The van der Waals surface area contributed by atoms with Crippen LogP contribution in [-0.2, 0) is 9.59 Å². The quantitative estimate of drug-likeness (QED) is 0.801. The normalized spacial score (nSPS) is 23.9. The molecule has 0 aliphatic heterocycles. The van der Waals surface area contributed by atoms with Crippen LogP contribution in [0.5, 0.6) is 0 Å². The Morgan fingerprint density at radius 1 is 1.28 bits per heavy atom. The van der Waals surface area contributed by atoms with Gasteiger partial charge in [-0.05, 0) is 38.0 Å². The van der Waals surface area contributed by atoms with Gasteiger partial charge < -0.3 is 10.4 Å². The third-order valence-corrected chi connectivity index (χ3v) is 3.14. The summed E-state index contributed by atoms with van der Waals surface area (Å²) in [4.78, 5) is 21.0. The number of halogens is 3. The predicted octanol–water partition coefficient (Wildman–Crippen LogP) is 2.09. The Bertz CT molecular complexity index is 317. The molecule has 0 bridgehead atoms. The highest BCUT2D eigenvalue weighted by Gasteiger charge is 2.40. The van der Waals surface area contributed by atoms with Gasteiger partial charge in [0.15, 0.2) is 0 Å². The van der Waals surface area contributed by atoms with Crippen molar-refractivity contribution < 1.29 is 27.9 Å². The van der Waals surface area contributed by atoms with Gasteiger partial charge in [0.25, 0.3) is 0 Å². The van der Waals surface area contributed by atoms with Gasteiger partial charge in [-0.1, -0.05) is 0 Å². The molecule has 0 saturated heterocycles. The topological polar surface area (TPSA) is 66.4 Å². The van der Waals surface area contributed by atoms with Crippen molar-refractivity contribution in [1.82, 2.24) is 5.32 Å². The molecular weight excluding hydrogens is 251 g/mol. The van der Waals surface area contributed by atoms with Gasteiger partial charge in [-0.25, -0.2) is 0 Å². The number of aliphatic carboxylic acids is 1. The maximum atomic E-state index is 12.0. The monoisotopic (exact) mass is 267 g/mol. The predicted molar refractivity (Wildman–Crippen MR) is 56.8 cm³/mol. The van der Waals surface area contributed by atoms with Crippen LogP contribution in [0.25, 0.3) is 0 Å². The number of nitrogens with one attached hydrogen (secondary N) is 1. The summed E-state index contributed by atoms with van der Waals surface area (Å²) in [6.45, 7) is 0. The van der Waals surface area contributed by atoms with Gasteiger partial charge in [0, 0.05) is 12.5 Å². The number of carbonyl (C=O) groups is 2. The first-order valence-corrected chi connectivity index (χ1v) is 5.88. The molecule has 2 N–H and O–H groups in total. The van der Waals surface area contributed by atoms with E-state index >= 15 is 0 Å². The first kappa shape index (κ1) is 14.8. The zero-order chi connectivity index (χ0) is 13.8. The summed E-state index contributed by atoms with van der Waals surface area (Å²) in [7, 11) is 0. The van der Waals surface area contributed by atoms with Gasteiger partial charge in [-0.2, -0.15) is 13.2 Å². The zero-order valence-electron chi connectivity index (χ0n) is 9.79. The van der Waals surface area contributed by atoms with Gasteiger partial charge in [-0.3, -0.25) is 9.59 Å². The molecule has 1 aliphatic rings. The number of carboxylic acid groups (broad SMARTS) is 1. The first-order valence-electron chi connectivity index (χ1n) is 5.88. The summed E-state index contributed by atoms with van der Waals surface area (Å²) in [5.74, 6) is -2.54. The highest BCUT2D eigenvalue weighted by molar-refractivity contribution is 5.81. The average Bonchev–Trinajstić information content (AvgIpc) is 2.63. The van der Waals surface area contributed by atoms with Crippen LogP contribution < -0.4 is 5.32 Å². The summed E-state index contributed by atoms with van der Waals surface area (Å²) in [6, 6.07) is -0.436. The maximum absolute atomic E-state index is 12.0. The van der Waals surface area contributed by atoms with Crippen molar-refractivity contribution in [3.05, 3.63) is 0 Å². The summed E-state index contributed by atoms with van der Waals surface area (Å²) < 4.78 is 36.0. The van der Waals surface area contributed by atoms with Crippen molar-refractivity contribution in [2.75, 3.05) is 0 Å². The standard InChI is InChI=1S/C11H16F3NO3/c12-11(13,14)10(18)15-8-5-4-7(6-8)2-1-3-9(16)17/h7-8H,1-6H2,(H,15,18)(H,16,17). The van der Waals surface area contributed by atoms with Crippen LogP contribution in [0, 0.1) is 5.92 Å². The van der Waals surface area contributed by atoms with Crippen LogP contribution in [-0.4, -0.2) is 29.2 Å². The van der Waals surface area contributed by atoms with E-state index in [-0.39, 0.29) is 12.3 Å². The lowest BCUT2D eigenvalue weighted by molar-refractivity contribution is -0.174. The van der Waals surface area contributed by atoms with Gasteiger partial charge in [-0.15, -0.1) is 0 Å². The number of carbonyl (C=O) groups excluding carboxylic acids is 1. The van der Waals surface area contributed by atoms with Gasteiger partial charge in [0.2, 0.25) is 0 Å². The summed E-state index contributed by atoms with van der Waals surface area (Å²) >= 11 is 0. The molecule has 0 spiro atoms. The lowest BCUT2D eigenvalue weighted by Gasteiger charge is -2.14. The van der Waals surface area contributed by atoms with Gasteiger partial charge in [0.05, 0.1) is 0 Å². The largest absolute Gasteiger partial charge is 0.481 e. The molecule has 104 valence electrons. The Hall–Kier alpha value is -1.27. The van der Waals surface area contributed by atoms with Crippen molar-refractivity contribution in [3.8, 4) is 0 Å². The summed E-state index contributed by atoms with van der Waals surface area (Å²) in [5, 5.41) is 10.4. The maximum Gasteiger partial charge on any atom is 0.471 e. The van der Waals surface area contributed by atoms with Crippen molar-refractivity contribution in [2.45, 2.75) is 50.7 Å².